The summed E-state index contributed by atoms with van der Waals surface area (Å²) in [7, 11) is 0. The third-order valence-corrected chi connectivity index (χ3v) is 11.8. The lowest BCUT2D eigenvalue weighted by Gasteiger charge is -2.38. The molecule has 0 aromatic heterocycles. The molecule has 238 valence electrons. The number of rotatable bonds is 5. The van der Waals surface area contributed by atoms with Crippen molar-refractivity contribution in [1.29, 1.82) is 0 Å². The van der Waals surface area contributed by atoms with E-state index in [0.717, 1.165) is 37.1 Å². The maximum atomic E-state index is 15.0. The zero-order chi connectivity index (χ0) is 31.8. The van der Waals surface area contributed by atoms with Crippen LogP contribution in [0.15, 0.2) is 58.1 Å². The molecule has 7 nitrogen and oxygen atoms in total. The summed E-state index contributed by atoms with van der Waals surface area (Å²) in [5, 5.41) is 4.93. The number of piperazine rings is 1. The van der Waals surface area contributed by atoms with Gasteiger partial charge in [-0.25, -0.2) is 9.38 Å². The second-order valence-corrected chi connectivity index (χ2v) is 15.4. The van der Waals surface area contributed by atoms with Crippen molar-refractivity contribution in [2.24, 2.45) is 10.9 Å². The minimum Gasteiger partial charge on any atom is -0.338 e. The van der Waals surface area contributed by atoms with Gasteiger partial charge in [0.2, 0.25) is 5.91 Å². The van der Waals surface area contributed by atoms with Crippen molar-refractivity contribution in [2.75, 3.05) is 19.6 Å². The minimum absolute atomic E-state index is 0.0493. The van der Waals surface area contributed by atoms with Gasteiger partial charge in [0, 0.05) is 41.9 Å². The highest BCUT2D eigenvalue weighted by molar-refractivity contribution is 8.18. The summed E-state index contributed by atoms with van der Waals surface area (Å²) in [6, 6.07) is 11.5. The first-order valence-electron chi connectivity index (χ1n) is 15.8. The van der Waals surface area contributed by atoms with E-state index in [0.29, 0.717) is 40.2 Å². The molecule has 7 rings (SSSR count). The number of hydrogen-bond acceptors (Lipinski definition) is 6. The Bertz CT molecular complexity index is 1630. The number of nitrogens with zero attached hydrogens (tertiary/aromatic N) is 4. The SMILES string of the molecule is CC(C)C1=C(C(=O)N2[C@H](C)CC[C@H]2C(=O)N2CCNC3(CC3)C2)SC2=N[C@@](C)(c3ccc(Cl)cc3)[C@@H](c3ccc(Cl)c(F)c3)N21. The Morgan fingerprint density at radius 2 is 1.84 bits per heavy atom. The number of amidine groups is 1. The molecular formula is C34H38Cl2FN5O2S. The Morgan fingerprint density at radius 3 is 2.51 bits per heavy atom. The van der Waals surface area contributed by atoms with Crippen LogP contribution in [0.4, 0.5) is 4.39 Å². The van der Waals surface area contributed by atoms with Crippen molar-refractivity contribution < 1.29 is 14.0 Å². The second kappa shape index (κ2) is 11.3. The summed E-state index contributed by atoms with van der Waals surface area (Å²) < 4.78 is 15.0. The van der Waals surface area contributed by atoms with E-state index in [1.165, 1.54) is 17.8 Å². The number of aliphatic imine (C=N–C) groups is 1. The summed E-state index contributed by atoms with van der Waals surface area (Å²) in [5.41, 5.74) is 1.73. The molecule has 2 saturated heterocycles. The summed E-state index contributed by atoms with van der Waals surface area (Å²) in [5.74, 6) is -0.633. The van der Waals surface area contributed by atoms with Crippen molar-refractivity contribution >= 4 is 51.9 Å². The molecule has 11 heteroatoms. The van der Waals surface area contributed by atoms with Crippen molar-refractivity contribution in [1.82, 2.24) is 20.0 Å². The van der Waals surface area contributed by atoms with Crippen LogP contribution in [-0.2, 0) is 15.1 Å². The first-order valence-corrected chi connectivity index (χ1v) is 17.4. The Hall–Kier alpha value is -2.59. The highest BCUT2D eigenvalue weighted by Gasteiger charge is 2.55. The average Bonchev–Trinajstić information content (AvgIpc) is 3.33. The van der Waals surface area contributed by atoms with Crippen LogP contribution >= 0.6 is 35.0 Å². The third-order valence-electron chi connectivity index (χ3n) is 10.2. The highest BCUT2D eigenvalue weighted by atomic mass is 35.5. The lowest BCUT2D eigenvalue weighted by molar-refractivity contribution is -0.144. The maximum absolute atomic E-state index is 15.0. The van der Waals surface area contributed by atoms with Crippen molar-refractivity contribution in [3.63, 3.8) is 0 Å². The van der Waals surface area contributed by atoms with Gasteiger partial charge in [-0.15, -0.1) is 0 Å². The summed E-state index contributed by atoms with van der Waals surface area (Å²) in [4.78, 5) is 40.4. The fraction of sp³-hybridized carbons (Fsp3) is 0.500. The summed E-state index contributed by atoms with van der Waals surface area (Å²) in [6.45, 7) is 10.4. The molecule has 3 fully saturated rings. The number of fused-ring (bicyclic) bond motifs is 1. The van der Waals surface area contributed by atoms with Crippen LogP contribution in [-0.4, -0.2) is 68.9 Å². The second-order valence-electron chi connectivity index (χ2n) is 13.6. The number of benzene rings is 2. The molecule has 4 aliphatic heterocycles. The van der Waals surface area contributed by atoms with Crippen LogP contribution in [0.25, 0.3) is 0 Å². The molecule has 5 aliphatic rings. The molecule has 1 aliphatic carbocycles. The number of carbonyl (C=O) groups excluding carboxylic acids is 2. The largest absolute Gasteiger partial charge is 0.338 e. The van der Waals surface area contributed by atoms with Gasteiger partial charge in [0.1, 0.15) is 22.3 Å². The number of halogens is 3. The molecular weight excluding hydrogens is 632 g/mol. The quantitative estimate of drug-likeness (QED) is 0.383. The Morgan fingerprint density at radius 1 is 1.11 bits per heavy atom. The topological polar surface area (TPSA) is 68.2 Å². The Kier molecular flexibility index (Phi) is 7.78. The molecule has 1 spiro atoms. The van der Waals surface area contributed by atoms with Crippen LogP contribution in [0.5, 0.6) is 0 Å². The monoisotopic (exact) mass is 669 g/mol. The van der Waals surface area contributed by atoms with Gasteiger partial charge >= 0.3 is 0 Å². The predicted molar refractivity (Wildman–Crippen MR) is 178 cm³/mol. The normalized spacial score (nSPS) is 28.8. The van der Waals surface area contributed by atoms with Gasteiger partial charge < -0.3 is 20.0 Å². The van der Waals surface area contributed by atoms with Crippen LogP contribution in [0.2, 0.25) is 10.0 Å². The van der Waals surface area contributed by atoms with E-state index in [1.807, 2.05) is 54.0 Å². The summed E-state index contributed by atoms with van der Waals surface area (Å²) >= 11 is 13.7. The van der Waals surface area contributed by atoms with Crippen LogP contribution in [0, 0.1) is 11.7 Å². The minimum atomic E-state index is -0.803. The molecule has 0 radical (unpaired) electrons. The zero-order valence-corrected chi connectivity index (χ0v) is 28.3. The van der Waals surface area contributed by atoms with E-state index < -0.39 is 23.4 Å². The number of carbonyl (C=O) groups is 2. The Labute approximate surface area is 278 Å². The van der Waals surface area contributed by atoms with E-state index >= 15 is 0 Å². The molecule has 1 saturated carbocycles. The lowest BCUT2D eigenvalue weighted by Crippen LogP contribution is -2.58. The standard InChI is InChI=1S/C34H38Cl2FN5O2S/c1-19(2)27-28(31(44)41-20(3)5-12-26(41)30(43)40-16-15-38-34(18-40)13-14-34)45-32-39-33(4,22-7-9-23(35)10-8-22)29(42(27)32)21-6-11-24(36)25(37)17-21/h6-11,17,19-20,26,29,38H,5,12-16,18H2,1-4H3/t20-,26+,29-,33+/m1/s1. The number of allylic oxidation sites excluding steroid dienone is 1. The van der Waals surface area contributed by atoms with Crippen LogP contribution in [0.1, 0.15) is 70.5 Å². The van der Waals surface area contributed by atoms with Gasteiger partial charge in [-0.1, -0.05) is 55.2 Å². The van der Waals surface area contributed by atoms with Crippen molar-refractivity contribution in [2.45, 2.75) is 82.6 Å². The molecule has 2 amide bonds. The predicted octanol–water partition coefficient (Wildman–Crippen LogP) is 6.72. The van der Waals surface area contributed by atoms with Crippen molar-refractivity contribution in [3.8, 4) is 0 Å². The number of likely N-dealkylation sites (tertiary alicyclic amines) is 1. The van der Waals surface area contributed by atoms with Crippen LogP contribution < -0.4 is 5.32 Å². The fourth-order valence-corrected chi connectivity index (χ4v) is 9.22. The van der Waals surface area contributed by atoms with E-state index in [-0.39, 0.29) is 34.3 Å². The molecule has 1 N–H and O–H groups in total. The third kappa shape index (κ3) is 5.18. The van der Waals surface area contributed by atoms with Gasteiger partial charge in [-0.2, -0.15) is 0 Å². The van der Waals surface area contributed by atoms with Crippen molar-refractivity contribution in [3.05, 3.63) is 80.1 Å². The molecule has 2 aromatic carbocycles. The summed E-state index contributed by atoms with van der Waals surface area (Å²) in [6.07, 6.45) is 3.62. The number of amides is 2. The Balaban J connectivity index is 1.27. The van der Waals surface area contributed by atoms with E-state index in [2.05, 4.69) is 24.1 Å². The zero-order valence-electron chi connectivity index (χ0n) is 25.9. The molecule has 4 heterocycles. The smallest absolute Gasteiger partial charge is 0.263 e. The number of nitrogens with one attached hydrogen (secondary N) is 1. The number of hydrogen-bond donors (Lipinski definition) is 1. The molecule has 2 aromatic rings. The molecule has 45 heavy (non-hydrogen) atoms. The van der Waals surface area contributed by atoms with Gasteiger partial charge in [-0.05, 0) is 92.6 Å². The van der Waals surface area contributed by atoms with E-state index in [1.54, 1.807) is 6.07 Å². The van der Waals surface area contributed by atoms with Crippen LogP contribution in [0.3, 0.4) is 0 Å². The van der Waals surface area contributed by atoms with Gasteiger partial charge in [0.15, 0.2) is 5.17 Å². The highest BCUT2D eigenvalue weighted by Crippen LogP contribution is 2.56. The van der Waals surface area contributed by atoms with Gasteiger partial charge in [-0.3, -0.25) is 9.59 Å². The first-order chi connectivity index (χ1) is 21.4. The average molecular weight is 671 g/mol. The van der Waals surface area contributed by atoms with E-state index in [9.17, 15) is 14.0 Å². The first kappa shape index (κ1) is 31.0. The lowest BCUT2D eigenvalue weighted by atomic mass is 9.81. The molecule has 0 bridgehead atoms. The van der Waals surface area contributed by atoms with E-state index in [4.69, 9.17) is 28.2 Å². The maximum Gasteiger partial charge on any atom is 0.263 e. The molecule has 0 unspecified atom stereocenters. The molecule has 4 atom stereocenters. The van der Waals surface area contributed by atoms with Gasteiger partial charge in [0.05, 0.1) is 11.1 Å². The van der Waals surface area contributed by atoms with Gasteiger partial charge in [0.25, 0.3) is 5.91 Å². The number of thioether (sulfide) groups is 1. The fourth-order valence-electron chi connectivity index (χ4n) is 7.63.